The van der Waals surface area contributed by atoms with E-state index in [1.54, 1.807) is 36.4 Å². The lowest BCUT2D eigenvalue weighted by atomic mass is 10.3. The first-order chi connectivity index (χ1) is 10.7. The van der Waals surface area contributed by atoms with Crippen LogP contribution in [0.25, 0.3) is 0 Å². The largest absolute Gasteiger partial charge is 0.337 e. The maximum Gasteiger partial charge on any atom is 0.334 e. The normalized spacial score (nSPS) is 9.86. The SMILES string of the molecule is CCCNC(=O)N(C(=O)Nc1ccccc1)c1ccccc1. The van der Waals surface area contributed by atoms with Gasteiger partial charge in [-0.2, -0.15) is 0 Å². The van der Waals surface area contributed by atoms with Crippen LogP contribution in [0.2, 0.25) is 0 Å². The van der Waals surface area contributed by atoms with E-state index in [1.807, 2.05) is 31.2 Å². The lowest BCUT2D eigenvalue weighted by Crippen LogP contribution is -2.46. The van der Waals surface area contributed by atoms with Crippen LogP contribution in [0.5, 0.6) is 0 Å². The molecule has 5 nitrogen and oxygen atoms in total. The third kappa shape index (κ3) is 4.09. The number of nitrogens with one attached hydrogen (secondary N) is 2. The van der Waals surface area contributed by atoms with Crippen molar-refractivity contribution in [3.05, 3.63) is 60.7 Å². The summed E-state index contributed by atoms with van der Waals surface area (Å²) in [6, 6.07) is 16.9. The lowest BCUT2D eigenvalue weighted by molar-refractivity contribution is 0.239. The van der Waals surface area contributed by atoms with Gasteiger partial charge in [0.1, 0.15) is 0 Å². The molecule has 0 aliphatic carbocycles. The molecule has 4 amide bonds. The molecule has 0 aliphatic rings. The van der Waals surface area contributed by atoms with Crippen LogP contribution in [0.4, 0.5) is 21.0 Å². The van der Waals surface area contributed by atoms with E-state index in [1.165, 1.54) is 0 Å². The Kier molecular flexibility index (Phi) is 5.54. The highest BCUT2D eigenvalue weighted by molar-refractivity contribution is 6.17. The predicted molar refractivity (Wildman–Crippen MR) is 88.1 cm³/mol. The summed E-state index contributed by atoms with van der Waals surface area (Å²) in [5, 5.41) is 5.45. The maximum atomic E-state index is 12.5. The highest BCUT2D eigenvalue weighted by atomic mass is 16.2. The molecule has 0 saturated heterocycles. The van der Waals surface area contributed by atoms with Crippen LogP contribution in [0.1, 0.15) is 13.3 Å². The molecule has 0 heterocycles. The van der Waals surface area contributed by atoms with E-state index < -0.39 is 12.1 Å². The second-order valence-corrected chi connectivity index (χ2v) is 4.70. The quantitative estimate of drug-likeness (QED) is 0.900. The minimum absolute atomic E-state index is 0.443. The first kappa shape index (κ1) is 15.6. The van der Waals surface area contributed by atoms with Crippen molar-refractivity contribution >= 4 is 23.4 Å². The first-order valence-corrected chi connectivity index (χ1v) is 7.21. The van der Waals surface area contributed by atoms with Crippen molar-refractivity contribution < 1.29 is 9.59 Å². The Hall–Kier alpha value is -2.82. The molecule has 0 saturated carbocycles. The molecule has 0 aromatic heterocycles. The van der Waals surface area contributed by atoms with Crippen molar-refractivity contribution in [3.63, 3.8) is 0 Å². The Bertz CT molecular complexity index is 614. The third-order valence-electron chi connectivity index (χ3n) is 2.97. The van der Waals surface area contributed by atoms with Gasteiger partial charge in [0.2, 0.25) is 0 Å². The molecule has 2 aromatic rings. The van der Waals surface area contributed by atoms with Crippen LogP contribution in [0.3, 0.4) is 0 Å². The fraction of sp³-hybridized carbons (Fsp3) is 0.176. The first-order valence-electron chi connectivity index (χ1n) is 7.21. The predicted octanol–water partition coefficient (Wildman–Crippen LogP) is 3.84. The van der Waals surface area contributed by atoms with Crippen LogP contribution in [0, 0.1) is 0 Å². The van der Waals surface area contributed by atoms with Gasteiger partial charge >= 0.3 is 12.1 Å². The Morgan fingerprint density at radius 3 is 2.09 bits per heavy atom. The number of hydrogen-bond donors (Lipinski definition) is 2. The fourth-order valence-electron chi connectivity index (χ4n) is 1.92. The Labute approximate surface area is 129 Å². The molecule has 114 valence electrons. The molecule has 5 heteroatoms. The fourth-order valence-corrected chi connectivity index (χ4v) is 1.92. The van der Waals surface area contributed by atoms with E-state index in [0.717, 1.165) is 11.3 Å². The summed E-state index contributed by atoms with van der Waals surface area (Å²) in [6.07, 6.45) is 0.800. The molecule has 22 heavy (non-hydrogen) atoms. The van der Waals surface area contributed by atoms with Gasteiger partial charge in [0.05, 0.1) is 5.69 Å². The molecule has 2 aromatic carbocycles. The van der Waals surface area contributed by atoms with Crippen molar-refractivity contribution in [2.45, 2.75) is 13.3 Å². The molecule has 0 aliphatic heterocycles. The number of carbonyl (C=O) groups is 2. The van der Waals surface area contributed by atoms with Gasteiger partial charge in [0.25, 0.3) is 0 Å². The lowest BCUT2D eigenvalue weighted by Gasteiger charge is -2.21. The summed E-state index contributed by atoms with van der Waals surface area (Å²) in [7, 11) is 0. The standard InChI is InChI=1S/C17H19N3O2/c1-2-13-18-16(21)20(15-11-7-4-8-12-15)17(22)19-14-9-5-3-6-10-14/h3-12H,2,13H2,1H3,(H,18,21)(H,19,22). The number of nitrogens with zero attached hydrogens (tertiary/aromatic N) is 1. The summed E-state index contributed by atoms with van der Waals surface area (Å²) >= 11 is 0. The zero-order valence-corrected chi connectivity index (χ0v) is 12.5. The summed E-state index contributed by atoms with van der Waals surface area (Å²) < 4.78 is 0. The minimum Gasteiger partial charge on any atom is -0.337 e. The molecular weight excluding hydrogens is 278 g/mol. The Morgan fingerprint density at radius 1 is 0.909 bits per heavy atom. The highest BCUT2D eigenvalue weighted by Crippen LogP contribution is 2.16. The van der Waals surface area contributed by atoms with Crippen LogP contribution in [-0.2, 0) is 0 Å². The minimum atomic E-state index is -0.494. The van der Waals surface area contributed by atoms with E-state index in [-0.39, 0.29) is 0 Å². The molecule has 2 N–H and O–H groups in total. The monoisotopic (exact) mass is 297 g/mol. The summed E-state index contributed by atoms with van der Waals surface area (Å²) in [5.74, 6) is 0. The van der Waals surface area contributed by atoms with Gasteiger partial charge in [0.15, 0.2) is 0 Å². The van der Waals surface area contributed by atoms with Gasteiger partial charge in [-0.05, 0) is 30.7 Å². The number of amides is 4. The molecule has 2 rings (SSSR count). The average Bonchev–Trinajstić information content (AvgIpc) is 2.55. The van der Waals surface area contributed by atoms with Crippen LogP contribution < -0.4 is 15.5 Å². The molecule has 0 radical (unpaired) electrons. The smallest absolute Gasteiger partial charge is 0.334 e. The van der Waals surface area contributed by atoms with Crippen molar-refractivity contribution in [2.75, 3.05) is 16.8 Å². The number of anilines is 2. The zero-order valence-electron chi connectivity index (χ0n) is 12.5. The third-order valence-corrected chi connectivity index (χ3v) is 2.97. The van der Waals surface area contributed by atoms with Crippen molar-refractivity contribution in [3.8, 4) is 0 Å². The number of imide groups is 1. The molecule has 0 atom stereocenters. The van der Waals surface area contributed by atoms with E-state index in [9.17, 15) is 9.59 Å². The molecule has 0 spiro atoms. The van der Waals surface area contributed by atoms with Crippen LogP contribution in [0.15, 0.2) is 60.7 Å². The van der Waals surface area contributed by atoms with E-state index in [0.29, 0.717) is 17.9 Å². The number of para-hydroxylation sites is 2. The maximum absolute atomic E-state index is 12.5. The summed E-state index contributed by atoms with van der Waals surface area (Å²) in [5.41, 5.74) is 1.15. The highest BCUT2D eigenvalue weighted by Gasteiger charge is 2.23. The van der Waals surface area contributed by atoms with Gasteiger partial charge in [-0.25, -0.2) is 14.5 Å². The van der Waals surface area contributed by atoms with Crippen molar-refractivity contribution in [1.82, 2.24) is 5.32 Å². The average molecular weight is 297 g/mol. The Morgan fingerprint density at radius 2 is 1.50 bits per heavy atom. The molecule has 0 bridgehead atoms. The second-order valence-electron chi connectivity index (χ2n) is 4.70. The van der Waals surface area contributed by atoms with Crippen molar-refractivity contribution in [2.24, 2.45) is 0 Å². The topological polar surface area (TPSA) is 61.4 Å². The van der Waals surface area contributed by atoms with Gasteiger partial charge in [-0.15, -0.1) is 0 Å². The Balaban J connectivity index is 2.20. The number of hydrogen-bond acceptors (Lipinski definition) is 2. The molecular formula is C17H19N3O2. The molecule has 0 unspecified atom stereocenters. The number of benzene rings is 2. The number of urea groups is 2. The van der Waals surface area contributed by atoms with Gasteiger partial charge in [0, 0.05) is 12.2 Å². The van der Waals surface area contributed by atoms with Crippen molar-refractivity contribution in [1.29, 1.82) is 0 Å². The number of carbonyl (C=O) groups excluding carboxylic acids is 2. The van der Waals surface area contributed by atoms with E-state index >= 15 is 0 Å². The van der Waals surface area contributed by atoms with Gasteiger partial charge in [-0.1, -0.05) is 43.3 Å². The van der Waals surface area contributed by atoms with E-state index in [4.69, 9.17) is 0 Å². The summed E-state index contributed by atoms with van der Waals surface area (Å²) in [6.45, 7) is 2.47. The van der Waals surface area contributed by atoms with Gasteiger partial charge in [-0.3, -0.25) is 0 Å². The second kappa shape index (κ2) is 7.83. The zero-order chi connectivity index (χ0) is 15.8. The van der Waals surface area contributed by atoms with Crippen LogP contribution >= 0.6 is 0 Å². The molecule has 0 fully saturated rings. The number of rotatable bonds is 4. The van der Waals surface area contributed by atoms with Crippen LogP contribution in [-0.4, -0.2) is 18.6 Å². The van der Waals surface area contributed by atoms with E-state index in [2.05, 4.69) is 10.6 Å². The van der Waals surface area contributed by atoms with Gasteiger partial charge < -0.3 is 10.6 Å². The summed E-state index contributed by atoms with van der Waals surface area (Å²) in [4.78, 5) is 25.9.